The van der Waals surface area contributed by atoms with E-state index in [-0.39, 0.29) is 37.6 Å². The van der Waals surface area contributed by atoms with Gasteiger partial charge in [-0.3, -0.25) is 4.79 Å². The van der Waals surface area contributed by atoms with Crippen LogP contribution in [0.15, 0.2) is 36.4 Å². The van der Waals surface area contributed by atoms with Gasteiger partial charge in [-0.15, -0.1) is 0 Å². The van der Waals surface area contributed by atoms with Crippen LogP contribution < -0.4 is 5.32 Å². The molecule has 2 N–H and O–H groups in total. The Kier molecular flexibility index (Phi) is 11.4. The molecular formula is C38H54N4O5. The number of aryl methyl sites for hydroxylation is 2. The number of carbonyl (C=O) groups is 3. The lowest BCUT2D eigenvalue weighted by Crippen LogP contribution is -2.51. The Hall–Kier alpha value is -3.75. The molecule has 0 unspecified atom stereocenters. The highest BCUT2D eigenvalue weighted by Crippen LogP contribution is 2.36. The highest BCUT2D eigenvalue weighted by Gasteiger charge is 2.36. The summed E-state index contributed by atoms with van der Waals surface area (Å²) in [6.07, 6.45) is 9.58. The lowest BCUT2D eigenvalue weighted by molar-refractivity contribution is -0.142. The van der Waals surface area contributed by atoms with Gasteiger partial charge in [-0.25, -0.2) is 9.59 Å². The number of phenols is 1. The standard InChI is InChI=1S/C37H50N4O5.CH4/c1-25-22-27(23-26(2)34(25)42)24-33(35(43)39-17-12-29(13-18-39)28-8-4-3-5-9-28)46-37(45)40-19-15-31(16-20-40)41-21-14-30-10-6-7-11-32(30)38-36(41)44;/h6-7,10-11,22-23,28-29,31,33,42H,3-5,8-9,12-21,24H2,1-2H3,(H,38,44);1H4/t33-;/m1./s1. The number of phenolic OH excluding ortho intramolecular Hbond substituents is 1. The van der Waals surface area contributed by atoms with E-state index < -0.39 is 12.2 Å². The van der Waals surface area contributed by atoms with Gasteiger partial charge >= 0.3 is 12.1 Å². The van der Waals surface area contributed by atoms with E-state index in [0.29, 0.717) is 51.5 Å². The highest BCUT2D eigenvalue weighted by atomic mass is 16.6. The van der Waals surface area contributed by atoms with Gasteiger partial charge in [0.05, 0.1) is 0 Å². The minimum Gasteiger partial charge on any atom is -0.507 e. The van der Waals surface area contributed by atoms with Gasteiger partial charge in [0.15, 0.2) is 6.10 Å². The number of fused-ring (bicyclic) bond motifs is 1. The summed E-state index contributed by atoms with van der Waals surface area (Å²) in [5.41, 5.74) is 4.34. The zero-order valence-electron chi connectivity index (χ0n) is 27.5. The molecule has 3 fully saturated rings. The Morgan fingerprint density at radius 2 is 1.49 bits per heavy atom. The number of rotatable bonds is 6. The summed E-state index contributed by atoms with van der Waals surface area (Å²) in [6.45, 7) is 6.66. The number of piperidine rings is 2. The van der Waals surface area contributed by atoms with Crippen molar-refractivity contribution in [1.82, 2.24) is 14.7 Å². The smallest absolute Gasteiger partial charge is 0.410 e. The van der Waals surface area contributed by atoms with E-state index in [4.69, 9.17) is 4.74 Å². The fourth-order valence-electron chi connectivity index (χ4n) is 8.25. The molecule has 4 aliphatic rings. The Labute approximate surface area is 280 Å². The van der Waals surface area contributed by atoms with Gasteiger partial charge in [-0.2, -0.15) is 0 Å². The van der Waals surface area contributed by atoms with Crippen LogP contribution in [0.25, 0.3) is 0 Å². The molecule has 1 aliphatic carbocycles. The van der Waals surface area contributed by atoms with Gasteiger partial charge in [0.25, 0.3) is 5.91 Å². The average molecular weight is 647 g/mol. The van der Waals surface area contributed by atoms with Crippen LogP contribution in [0.3, 0.4) is 0 Å². The lowest BCUT2D eigenvalue weighted by atomic mass is 9.76. The molecule has 1 atom stereocenters. The molecule has 256 valence electrons. The van der Waals surface area contributed by atoms with E-state index in [0.717, 1.165) is 53.1 Å². The van der Waals surface area contributed by atoms with Crippen LogP contribution >= 0.6 is 0 Å². The number of nitrogens with one attached hydrogen (secondary N) is 1. The summed E-state index contributed by atoms with van der Waals surface area (Å²) in [4.78, 5) is 46.1. The maximum Gasteiger partial charge on any atom is 0.410 e. The molecule has 0 radical (unpaired) electrons. The van der Waals surface area contributed by atoms with E-state index in [1.807, 2.05) is 54.0 Å². The van der Waals surface area contributed by atoms with Crippen molar-refractivity contribution in [3.63, 3.8) is 0 Å². The third-order valence-electron chi connectivity index (χ3n) is 11.0. The molecule has 3 heterocycles. The van der Waals surface area contributed by atoms with Gasteiger partial charge in [-0.05, 0) is 86.1 Å². The van der Waals surface area contributed by atoms with E-state index in [9.17, 15) is 19.5 Å². The van der Waals surface area contributed by atoms with Crippen molar-refractivity contribution in [2.75, 3.05) is 38.0 Å². The maximum atomic E-state index is 14.0. The quantitative estimate of drug-likeness (QED) is 0.350. The third-order valence-corrected chi connectivity index (χ3v) is 11.0. The van der Waals surface area contributed by atoms with E-state index >= 15 is 0 Å². The maximum absolute atomic E-state index is 14.0. The Bertz CT molecular complexity index is 1380. The van der Waals surface area contributed by atoms with Crippen molar-refractivity contribution in [3.8, 4) is 5.75 Å². The number of carbonyl (C=O) groups excluding carboxylic acids is 3. The minimum atomic E-state index is -0.935. The fourth-order valence-corrected chi connectivity index (χ4v) is 8.25. The molecule has 1 saturated carbocycles. The van der Waals surface area contributed by atoms with Gasteiger partial charge in [0, 0.05) is 50.9 Å². The summed E-state index contributed by atoms with van der Waals surface area (Å²) in [5.74, 6) is 1.57. The first kappa shape index (κ1) is 34.6. The first-order chi connectivity index (χ1) is 22.3. The fraction of sp³-hybridized carbons (Fsp3) is 0.605. The zero-order valence-corrected chi connectivity index (χ0v) is 27.5. The first-order valence-corrected chi connectivity index (χ1v) is 17.5. The molecule has 9 nitrogen and oxygen atoms in total. The normalized spacial score (nSPS) is 20.5. The first-order valence-electron chi connectivity index (χ1n) is 17.5. The molecule has 2 saturated heterocycles. The molecule has 9 heteroatoms. The Balaban J connectivity index is 0.00000433. The number of urea groups is 1. The highest BCUT2D eigenvalue weighted by molar-refractivity contribution is 5.91. The summed E-state index contributed by atoms with van der Waals surface area (Å²) in [5, 5.41) is 13.4. The van der Waals surface area contributed by atoms with Crippen molar-refractivity contribution in [3.05, 3.63) is 58.7 Å². The third kappa shape index (κ3) is 8.04. The van der Waals surface area contributed by atoms with Gasteiger partial charge < -0.3 is 29.9 Å². The minimum absolute atomic E-state index is 0. The number of hydrogen-bond acceptors (Lipinski definition) is 5. The summed E-state index contributed by atoms with van der Waals surface area (Å²) in [6, 6.07) is 11.6. The van der Waals surface area contributed by atoms with Crippen molar-refractivity contribution in [2.45, 2.75) is 104 Å². The SMILES string of the molecule is C.Cc1cc(C[C@@H](OC(=O)N2CCC(N3CCc4ccccc4NC3=O)CC2)C(=O)N2CCC(C3CCCCC3)CC2)cc(C)c1O. The molecular weight excluding hydrogens is 592 g/mol. The van der Waals surface area contributed by atoms with E-state index in [1.165, 1.54) is 32.1 Å². The molecule has 3 aliphatic heterocycles. The van der Waals surface area contributed by atoms with Crippen molar-refractivity contribution < 1.29 is 24.2 Å². The van der Waals surface area contributed by atoms with Gasteiger partial charge in [0.2, 0.25) is 0 Å². The number of ether oxygens (including phenoxy) is 1. The number of amides is 4. The van der Waals surface area contributed by atoms with Crippen molar-refractivity contribution in [2.24, 2.45) is 11.8 Å². The second kappa shape index (κ2) is 15.4. The van der Waals surface area contributed by atoms with Crippen LogP contribution in [0.1, 0.15) is 87.5 Å². The molecule has 0 aromatic heterocycles. The molecule has 2 aromatic rings. The average Bonchev–Trinajstić information content (AvgIpc) is 3.25. The number of anilines is 1. The van der Waals surface area contributed by atoms with E-state index in [2.05, 4.69) is 11.4 Å². The summed E-state index contributed by atoms with van der Waals surface area (Å²) >= 11 is 0. The lowest BCUT2D eigenvalue weighted by Gasteiger charge is -2.39. The van der Waals surface area contributed by atoms with Crippen molar-refractivity contribution in [1.29, 1.82) is 0 Å². The number of aromatic hydroxyl groups is 1. The number of benzene rings is 2. The number of hydrogen-bond donors (Lipinski definition) is 2. The number of nitrogens with zero attached hydrogens (tertiary/aromatic N) is 3. The number of para-hydroxylation sites is 1. The Morgan fingerprint density at radius 1 is 0.872 bits per heavy atom. The topological polar surface area (TPSA) is 102 Å². The summed E-state index contributed by atoms with van der Waals surface area (Å²) in [7, 11) is 0. The van der Waals surface area contributed by atoms with Gasteiger partial charge in [0.1, 0.15) is 5.75 Å². The molecule has 2 aromatic carbocycles. The molecule has 0 spiro atoms. The largest absolute Gasteiger partial charge is 0.507 e. The van der Waals surface area contributed by atoms with Crippen LogP contribution in [0.4, 0.5) is 15.3 Å². The van der Waals surface area contributed by atoms with Crippen molar-refractivity contribution >= 4 is 23.7 Å². The Morgan fingerprint density at radius 3 is 2.17 bits per heavy atom. The second-order valence-corrected chi connectivity index (χ2v) is 14.0. The molecule has 4 amide bonds. The second-order valence-electron chi connectivity index (χ2n) is 14.0. The van der Waals surface area contributed by atoms with Gasteiger partial charge in [-0.1, -0.05) is 69.9 Å². The molecule has 6 rings (SSSR count). The predicted molar refractivity (Wildman–Crippen MR) is 185 cm³/mol. The van der Waals surface area contributed by atoms with Crippen LogP contribution in [-0.4, -0.2) is 82.7 Å². The monoisotopic (exact) mass is 646 g/mol. The zero-order chi connectivity index (χ0) is 32.2. The van der Waals surface area contributed by atoms with Crippen LogP contribution in [-0.2, 0) is 22.4 Å². The number of likely N-dealkylation sites (tertiary alicyclic amines) is 2. The molecule has 0 bridgehead atoms. The summed E-state index contributed by atoms with van der Waals surface area (Å²) < 4.78 is 6.07. The predicted octanol–water partition coefficient (Wildman–Crippen LogP) is 7.07. The molecule has 47 heavy (non-hydrogen) atoms. The van der Waals surface area contributed by atoms with Crippen LogP contribution in [0, 0.1) is 25.7 Å². The van der Waals surface area contributed by atoms with Crippen LogP contribution in [0.5, 0.6) is 5.75 Å². The van der Waals surface area contributed by atoms with Crippen LogP contribution in [0.2, 0.25) is 0 Å². The van der Waals surface area contributed by atoms with E-state index in [1.54, 1.807) is 4.90 Å².